The Morgan fingerprint density at radius 3 is 2.75 bits per heavy atom. The lowest BCUT2D eigenvalue weighted by Gasteiger charge is -2.29. The van der Waals surface area contributed by atoms with E-state index in [0.717, 1.165) is 38.0 Å². The van der Waals surface area contributed by atoms with Gasteiger partial charge in [-0.25, -0.2) is 0 Å². The number of carbonyl (C=O) groups is 1. The van der Waals surface area contributed by atoms with E-state index < -0.39 is 0 Å². The highest BCUT2D eigenvalue weighted by Gasteiger charge is 2.39. The number of rotatable bonds is 6. The fourth-order valence-corrected chi connectivity index (χ4v) is 2.97. The second-order valence-electron chi connectivity index (χ2n) is 4.50. The van der Waals surface area contributed by atoms with Crippen LogP contribution in [0.5, 0.6) is 0 Å². The molecule has 1 aliphatic heterocycles. The summed E-state index contributed by atoms with van der Waals surface area (Å²) < 4.78 is 0. The summed E-state index contributed by atoms with van der Waals surface area (Å²) in [6.07, 6.45) is 6.06. The number of thioether (sulfide) groups is 1. The third-order valence-corrected chi connectivity index (χ3v) is 4.21. The Balaban J connectivity index is 2.54. The van der Waals surface area contributed by atoms with E-state index in [1.54, 1.807) is 11.8 Å². The molecule has 16 heavy (non-hydrogen) atoms. The largest absolute Gasteiger partial charge is 0.351 e. The molecule has 0 aromatic rings. The third-order valence-electron chi connectivity index (χ3n) is 3.48. The minimum atomic E-state index is -0.286. The van der Waals surface area contributed by atoms with Crippen LogP contribution in [0.3, 0.4) is 0 Å². The second kappa shape index (κ2) is 6.50. The Kier molecular flexibility index (Phi) is 5.62. The molecule has 1 aliphatic rings. The van der Waals surface area contributed by atoms with Crippen LogP contribution in [0.15, 0.2) is 0 Å². The molecule has 0 saturated carbocycles. The summed E-state index contributed by atoms with van der Waals surface area (Å²) in [5, 5.41) is 6.55. The van der Waals surface area contributed by atoms with E-state index in [-0.39, 0.29) is 11.4 Å². The highest BCUT2D eigenvalue weighted by Crippen LogP contribution is 2.23. The van der Waals surface area contributed by atoms with Gasteiger partial charge in [-0.15, -0.1) is 0 Å². The third kappa shape index (κ3) is 3.14. The number of hydrogen-bond acceptors (Lipinski definition) is 3. The highest BCUT2D eigenvalue weighted by molar-refractivity contribution is 7.98. The number of carbonyl (C=O) groups excluding carboxylic acids is 1. The molecule has 0 aromatic carbocycles. The number of amides is 1. The minimum Gasteiger partial charge on any atom is -0.351 e. The van der Waals surface area contributed by atoms with Crippen molar-refractivity contribution in [1.82, 2.24) is 10.6 Å². The molecule has 1 amide bonds. The lowest BCUT2D eigenvalue weighted by molar-refractivity contribution is -0.127. The van der Waals surface area contributed by atoms with Gasteiger partial charge in [0.15, 0.2) is 0 Å². The van der Waals surface area contributed by atoms with Crippen LogP contribution in [-0.2, 0) is 4.79 Å². The van der Waals surface area contributed by atoms with E-state index in [2.05, 4.69) is 30.7 Å². The van der Waals surface area contributed by atoms with Crippen molar-refractivity contribution in [3.63, 3.8) is 0 Å². The smallest absolute Gasteiger partial charge is 0.240 e. The van der Waals surface area contributed by atoms with Gasteiger partial charge >= 0.3 is 0 Å². The van der Waals surface area contributed by atoms with Gasteiger partial charge in [0.1, 0.15) is 0 Å². The summed E-state index contributed by atoms with van der Waals surface area (Å²) in [6.45, 7) is 5.19. The van der Waals surface area contributed by atoms with Crippen LogP contribution in [0.4, 0.5) is 0 Å². The normalized spacial score (nSPS) is 26.7. The molecule has 2 unspecified atom stereocenters. The molecule has 0 bridgehead atoms. The van der Waals surface area contributed by atoms with Crippen LogP contribution in [0.1, 0.15) is 39.5 Å². The van der Waals surface area contributed by atoms with Crippen molar-refractivity contribution in [2.45, 2.75) is 51.1 Å². The summed E-state index contributed by atoms with van der Waals surface area (Å²) in [7, 11) is 0. The molecule has 94 valence electrons. The summed E-state index contributed by atoms with van der Waals surface area (Å²) in [4.78, 5) is 12.3. The van der Waals surface area contributed by atoms with Crippen molar-refractivity contribution in [1.29, 1.82) is 0 Å². The summed E-state index contributed by atoms with van der Waals surface area (Å²) in [5.41, 5.74) is -0.286. The molecule has 0 aliphatic carbocycles. The van der Waals surface area contributed by atoms with Gasteiger partial charge in [0, 0.05) is 11.8 Å². The van der Waals surface area contributed by atoms with Crippen LogP contribution in [-0.4, -0.2) is 36.0 Å². The van der Waals surface area contributed by atoms with Gasteiger partial charge in [0.25, 0.3) is 0 Å². The van der Waals surface area contributed by atoms with E-state index >= 15 is 0 Å². The first-order chi connectivity index (χ1) is 7.68. The SMILES string of the molecule is CCC(CSC)NC(=O)C1(CC)CCCN1. The molecule has 0 spiro atoms. The molecule has 1 heterocycles. The average Bonchev–Trinajstić information content (AvgIpc) is 2.78. The van der Waals surface area contributed by atoms with Crippen molar-refractivity contribution in [3.8, 4) is 0 Å². The van der Waals surface area contributed by atoms with Crippen molar-refractivity contribution in [3.05, 3.63) is 0 Å². The summed E-state index contributed by atoms with van der Waals surface area (Å²) in [5.74, 6) is 1.20. The van der Waals surface area contributed by atoms with Crippen molar-refractivity contribution < 1.29 is 4.79 Å². The zero-order chi connectivity index (χ0) is 12.0. The predicted octanol–water partition coefficient (Wildman–Crippen LogP) is 1.78. The predicted molar refractivity (Wildman–Crippen MR) is 70.9 cm³/mol. The van der Waals surface area contributed by atoms with Gasteiger partial charge in [-0.2, -0.15) is 11.8 Å². The van der Waals surface area contributed by atoms with Crippen molar-refractivity contribution >= 4 is 17.7 Å². The van der Waals surface area contributed by atoms with Crippen LogP contribution >= 0.6 is 11.8 Å². The first-order valence-corrected chi connectivity index (χ1v) is 7.62. The first kappa shape index (κ1) is 13.8. The molecule has 1 saturated heterocycles. The van der Waals surface area contributed by atoms with Crippen LogP contribution in [0.25, 0.3) is 0 Å². The molecule has 0 radical (unpaired) electrons. The maximum atomic E-state index is 12.3. The van der Waals surface area contributed by atoms with Gasteiger partial charge in [0.05, 0.1) is 5.54 Å². The molecule has 2 atom stereocenters. The Hall–Kier alpha value is -0.220. The van der Waals surface area contributed by atoms with E-state index in [1.807, 2.05) is 0 Å². The van der Waals surface area contributed by atoms with Gasteiger partial charge in [-0.1, -0.05) is 13.8 Å². The fraction of sp³-hybridized carbons (Fsp3) is 0.917. The quantitative estimate of drug-likeness (QED) is 0.748. The molecule has 1 rings (SSSR count). The van der Waals surface area contributed by atoms with Crippen molar-refractivity contribution in [2.24, 2.45) is 0 Å². The molecule has 4 heteroatoms. The summed E-state index contributed by atoms with van der Waals surface area (Å²) in [6, 6.07) is 0.313. The Morgan fingerprint density at radius 2 is 2.31 bits per heavy atom. The van der Waals surface area contributed by atoms with E-state index in [1.165, 1.54) is 0 Å². The molecule has 1 fully saturated rings. The van der Waals surface area contributed by atoms with E-state index in [9.17, 15) is 4.79 Å². The second-order valence-corrected chi connectivity index (χ2v) is 5.41. The lowest BCUT2D eigenvalue weighted by atomic mass is 9.93. The Bertz CT molecular complexity index is 227. The fourth-order valence-electron chi connectivity index (χ4n) is 2.25. The van der Waals surface area contributed by atoms with Crippen LogP contribution in [0, 0.1) is 0 Å². The standard InChI is InChI=1S/C12H24N2OS/c1-4-10(9-16-3)14-11(15)12(5-2)7-6-8-13-12/h10,13H,4-9H2,1-3H3,(H,14,15). The van der Waals surface area contributed by atoms with Gasteiger partial charge in [0.2, 0.25) is 5.91 Å². The molecular formula is C12H24N2OS. The lowest BCUT2D eigenvalue weighted by Crippen LogP contribution is -2.55. The molecule has 0 aromatic heterocycles. The van der Waals surface area contributed by atoms with E-state index in [4.69, 9.17) is 0 Å². The Morgan fingerprint density at radius 1 is 1.56 bits per heavy atom. The molecule has 2 N–H and O–H groups in total. The van der Waals surface area contributed by atoms with Gasteiger partial charge < -0.3 is 10.6 Å². The maximum Gasteiger partial charge on any atom is 0.240 e. The zero-order valence-corrected chi connectivity index (χ0v) is 11.5. The molecule has 3 nitrogen and oxygen atoms in total. The van der Waals surface area contributed by atoms with E-state index in [0.29, 0.717) is 6.04 Å². The monoisotopic (exact) mass is 244 g/mol. The van der Waals surface area contributed by atoms with Gasteiger partial charge in [-0.05, 0) is 38.5 Å². The van der Waals surface area contributed by atoms with Gasteiger partial charge in [-0.3, -0.25) is 4.79 Å². The van der Waals surface area contributed by atoms with Crippen LogP contribution in [0.2, 0.25) is 0 Å². The number of hydrogen-bond donors (Lipinski definition) is 2. The zero-order valence-electron chi connectivity index (χ0n) is 10.6. The number of nitrogens with one attached hydrogen (secondary N) is 2. The molecular weight excluding hydrogens is 220 g/mol. The van der Waals surface area contributed by atoms with Crippen molar-refractivity contribution in [2.75, 3.05) is 18.6 Å². The highest BCUT2D eigenvalue weighted by atomic mass is 32.2. The maximum absolute atomic E-state index is 12.3. The Labute approximate surface area is 103 Å². The summed E-state index contributed by atoms with van der Waals surface area (Å²) >= 11 is 1.79. The topological polar surface area (TPSA) is 41.1 Å². The van der Waals surface area contributed by atoms with Crippen LogP contribution < -0.4 is 10.6 Å². The minimum absolute atomic E-state index is 0.202. The average molecular weight is 244 g/mol. The first-order valence-electron chi connectivity index (χ1n) is 6.23.